The molecule has 3 N–H and O–H groups in total. The fourth-order valence-electron chi connectivity index (χ4n) is 1.13. The van der Waals surface area contributed by atoms with E-state index in [0.717, 1.165) is 12.1 Å². The maximum atomic E-state index is 11.0. The van der Waals surface area contributed by atoms with Crippen molar-refractivity contribution in [2.75, 3.05) is 0 Å². The summed E-state index contributed by atoms with van der Waals surface area (Å²) in [5, 5.41) is 16.3. The molecule has 10 heteroatoms. The number of hydrogen-bond acceptors (Lipinski definition) is 8. The number of benzene rings is 1. The van der Waals surface area contributed by atoms with E-state index < -0.39 is 38.1 Å². The second-order valence-corrected chi connectivity index (χ2v) is 4.33. The first kappa shape index (κ1) is 14.1. The van der Waals surface area contributed by atoms with Crippen LogP contribution in [-0.4, -0.2) is 35.4 Å². The standard InChI is InChI=1S/C8H6O9S/c9-7(16-11)4-1-2-5(8(10)17-12)6(3-4)18(13,14)15/h1-3,11-12H,(H,13,14,15). The molecule has 0 saturated carbocycles. The van der Waals surface area contributed by atoms with Gasteiger partial charge in [-0.1, -0.05) is 0 Å². The van der Waals surface area contributed by atoms with Gasteiger partial charge in [-0.3, -0.25) is 14.3 Å². The fraction of sp³-hybridized carbons (Fsp3) is 0. The minimum absolute atomic E-state index is 0.445. The first-order chi connectivity index (χ1) is 8.31. The van der Waals surface area contributed by atoms with Crippen molar-refractivity contribution < 1.29 is 42.8 Å². The zero-order valence-corrected chi connectivity index (χ0v) is 9.25. The van der Waals surface area contributed by atoms with Crippen LogP contribution in [0.15, 0.2) is 23.1 Å². The molecule has 0 amide bonds. The Bertz CT molecular complexity index is 589. The van der Waals surface area contributed by atoms with Crippen LogP contribution in [0, 0.1) is 0 Å². The molecule has 0 aliphatic rings. The third-order valence-corrected chi connectivity index (χ3v) is 2.77. The lowest BCUT2D eigenvalue weighted by molar-refractivity contribution is -0.183. The van der Waals surface area contributed by atoms with Gasteiger partial charge in [-0.25, -0.2) is 9.59 Å². The van der Waals surface area contributed by atoms with E-state index in [1.807, 2.05) is 0 Å². The molecule has 1 rings (SSSR count). The molecule has 0 unspecified atom stereocenters. The van der Waals surface area contributed by atoms with Crippen molar-refractivity contribution in [1.82, 2.24) is 0 Å². The fourth-order valence-corrected chi connectivity index (χ4v) is 1.84. The lowest BCUT2D eigenvalue weighted by Crippen LogP contribution is -2.12. The molecule has 0 atom stereocenters. The Morgan fingerprint density at radius 3 is 2.06 bits per heavy atom. The number of rotatable bonds is 3. The second-order valence-electron chi connectivity index (χ2n) is 2.94. The third-order valence-electron chi connectivity index (χ3n) is 1.88. The molecule has 0 aliphatic heterocycles. The van der Waals surface area contributed by atoms with Gasteiger partial charge in [-0.05, 0) is 18.2 Å². The highest BCUT2D eigenvalue weighted by molar-refractivity contribution is 7.86. The number of hydrogen-bond donors (Lipinski definition) is 3. The Labute approximate surface area is 99.8 Å². The molecule has 0 heterocycles. The molecule has 0 fully saturated rings. The molecule has 0 spiro atoms. The summed E-state index contributed by atoms with van der Waals surface area (Å²) in [6.07, 6.45) is 0. The normalized spacial score (nSPS) is 10.8. The maximum Gasteiger partial charge on any atom is 0.374 e. The Morgan fingerprint density at radius 2 is 1.61 bits per heavy atom. The molecule has 18 heavy (non-hydrogen) atoms. The van der Waals surface area contributed by atoms with E-state index in [-0.39, 0.29) is 0 Å². The monoisotopic (exact) mass is 278 g/mol. The Kier molecular flexibility index (Phi) is 3.98. The zero-order valence-electron chi connectivity index (χ0n) is 8.43. The number of carbonyl (C=O) groups is 2. The van der Waals surface area contributed by atoms with E-state index >= 15 is 0 Å². The summed E-state index contributed by atoms with van der Waals surface area (Å²) in [6.45, 7) is 0. The maximum absolute atomic E-state index is 11.0. The minimum Gasteiger partial charge on any atom is -0.296 e. The van der Waals surface area contributed by atoms with E-state index in [2.05, 4.69) is 9.78 Å². The summed E-state index contributed by atoms with van der Waals surface area (Å²) in [4.78, 5) is 27.6. The summed E-state index contributed by atoms with van der Waals surface area (Å²) in [5.74, 6) is -2.75. The van der Waals surface area contributed by atoms with Gasteiger partial charge in [0.15, 0.2) is 0 Å². The van der Waals surface area contributed by atoms with Crippen molar-refractivity contribution in [3.63, 3.8) is 0 Å². The Balaban J connectivity index is 3.49. The van der Waals surface area contributed by atoms with Crippen molar-refractivity contribution in [2.24, 2.45) is 0 Å². The van der Waals surface area contributed by atoms with Crippen LogP contribution in [0.5, 0.6) is 0 Å². The third kappa shape index (κ3) is 2.81. The van der Waals surface area contributed by atoms with E-state index in [1.54, 1.807) is 0 Å². The minimum atomic E-state index is -4.85. The van der Waals surface area contributed by atoms with Gasteiger partial charge in [0, 0.05) is 0 Å². The van der Waals surface area contributed by atoms with Gasteiger partial charge in [-0.2, -0.15) is 18.9 Å². The lowest BCUT2D eigenvalue weighted by Gasteiger charge is -2.05. The van der Waals surface area contributed by atoms with Crippen LogP contribution in [0.4, 0.5) is 0 Å². The highest BCUT2D eigenvalue weighted by atomic mass is 32.2. The lowest BCUT2D eigenvalue weighted by atomic mass is 10.1. The average molecular weight is 278 g/mol. The molecule has 0 aromatic heterocycles. The van der Waals surface area contributed by atoms with Crippen LogP contribution in [0.3, 0.4) is 0 Å². The first-order valence-electron chi connectivity index (χ1n) is 4.14. The van der Waals surface area contributed by atoms with Crippen molar-refractivity contribution >= 4 is 22.1 Å². The van der Waals surface area contributed by atoms with Gasteiger partial charge in [0.05, 0.1) is 11.1 Å². The van der Waals surface area contributed by atoms with Gasteiger partial charge in [0.25, 0.3) is 10.1 Å². The first-order valence-corrected chi connectivity index (χ1v) is 5.58. The summed E-state index contributed by atoms with van der Waals surface area (Å²) in [5.41, 5.74) is -1.14. The van der Waals surface area contributed by atoms with E-state index in [9.17, 15) is 18.0 Å². The van der Waals surface area contributed by atoms with Crippen molar-refractivity contribution in [3.8, 4) is 0 Å². The molecule has 1 aromatic carbocycles. The second kappa shape index (κ2) is 5.10. The highest BCUT2D eigenvalue weighted by Crippen LogP contribution is 2.19. The SMILES string of the molecule is O=C(OO)c1ccc(C(=O)OO)c(S(=O)(=O)O)c1. The molecule has 9 nitrogen and oxygen atoms in total. The molecule has 0 bridgehead atoms. The molecule has 0 aliphatic carbocycles. The van der Waals surface area contributed by atoms with Crippen molar-refractivity contribution in [2.45, 2.75) is 4.90 Å². The quantitative estimate of drug-likeness (QED) is 0.400. The summed E-state index contributed by atoms with van der Waals surface area (Å²) in [7, 11) is -4.85. The van der Waals surface area contributed by atoms with Gasteiger partial charge in [0.1, 0.15) is 4.90 Å². The summed E-state index contributed by atoms with van der Waals surface area (Å²) in [6, 6.07) is 2.27. The van der Waals surface area contributed by atoms with Crippen LogP contribution in [0.1, 0.15) is 20.7 Å². The van der Waals surface area contributed by atoms with Crippen LogP contribution >= 0.6 is 0 Å². The van der Waals surface area contributed by atoms with Crippen LogP contribution < -0.4 is 0 Å². The van der Waals surface area contributed by atoms with Crippen LogP contribution in [-0.2, 0) is 19.9 Å². The smallest absolute Gasteiger partial charge is 0.296 e. The Hall–Kier alpha value is -2.01. The predicted molar refractivity (Wildman–Crippen MR) is 52.3 cm³/mol. The van der Waals surface area contributed by atoms with Crippen LogP contribution in [0.2, 0.25) is 0 Å². The molecular formula is C8H6O9S. The van der Waals surface area contributed by atoms with Gasteiger partial charge >= 0.3 is 11.9 Å². The molecule has 0 saturated heterocycles. The van der Waals surface area contributed by atoms with Crippen LogP contribution in [0.25, 0.3) is 0 Å². The van der Waals surface area contributed by atoms with Gasteiger partial charge in [0.2, 0.25) is 0 Å². The summed E-state index contributed by atoms with van der Waals surface area (Å²) >= 11 is 0. The van der Waals surface area contributed by atoms with Crippen molar-refractivity contribution in [1.29, 1.82) is 0 Å². The molecule has 0 radical (unpaired) electrons. The molecule has 98 valence electrons. The van der Waals surface area contributed by atoms with Crippen molar-refractivity contribution in [3.05, 3.63) is 29.3 Å². The van der Waals surface area contributed by atoms with Gasteiger partial charge < -0.3 is 0 Å². The largest absolute Gasteiger partial charge is 0.374 e. The molecule has 1 aromatic rings. The predicted octanol–water partition coefficient (Wildman–Crippen LogP) is 0.193. The van der Waals surface area contributed by atoms with E-state index in [1.165, 1.54) is 0 Å². The highest BCUT2D eigenvalue weighted by Gasteiger charge is 2.24. The average Bonchev–Trinajstić information content (AvgIpc) is 2.35. The molecular weight excluding hydrogens is 272 g/mol. The Morgan fingerprint density at radius 1 is 1.06 bits per heavy atom. The van der Waals surface area contributed by atoms with E-state index in [4.69, 9.17) is 15.1 Å². The number of carbonyl (C=O) groups excluding carboxylic acids is 2. The topological polar surface area (TPSA) is 147 Å². The van der Waals surface area contributed by atoms with E-state index in [0.29, 0.717) is 6.07 Å². The zero-order chi connectivity index (χ0) is 13.9. The summed E-state index contributed by atoms with van der Waals surface area (Å²) < 4.78 is 30.8. The van der Waals surface area contributed by atoms with Gasteiger partial charge in [-0.15, -0.1) is 0 Å².